The van der Waals surface area contributed by atoms with E-state index in [1.807, 2.05) is 12.5 Å². The molecule has 2 aliphatic rings. The van der Waals surface area contributed by atoms with Crippen LogP contribution in [-0.2, 0) is 13.6 Å². The molecule has 1 aromatic heterocycles. The number of piperidine rings is 1. The highest BCUT2D eigenvalue weighted by molar-refractivity contribution is 4.98. The van der Waals surface area contributed by atoms with E-state index in [0.717, 1.165) is 12.6 Å². The number of aromatic nitrogens is 2. The first-order valence-corrected chi connectivity index (χ1v) is 7.74. The van der Waals surface area contributed by atoms with Crippen molar-refractivity contribution in [1.82, 2.24) is 19.4 Å². The maximum Gasteiger partial charge on any atom is 0.0945 e. The molecule has 2 saturated heterocycles. The Bertz CT molecular complexity index is 395. The SMILES string of the molecule is Cn1cncc1CN1CCCC[C@H]1CN1CCCC1. The molecule has 0 bridgehead atoms. The van der Waals surface area contributed by atoms with Crippen LogP contribution >= 0.6 is 0 Å². The number of hydrogen-bond acceptors (Lipinski definition) is 3. The Morgan fingerprint density at radius 2 is 1.95 bits per heavy atom. The van der Waals surface area contributed by atoms with Crippen molar-refractivity contribution in [3.8, 4) is 0 Å². The first-order valence-electron chi connectivity index (χ1n) is 7.74. The Morgan fingerprint density at radius 1 is 1.16 bits per heavy atom. The topological polar surface area (TPSA) is 24.3 Å². The molecule has 1 aromatic rings. The van der Waals surface area contributed by atoms with E-state index in [0.29, 0.717) is 0 Å². The lowest BCUT2D eigenvalue weighted by Crippen LogP contribution is -2.45. The molecule has 3 rings (SSSR count). The fourth-order valence-corrected chi connectivity index (χ4v) is 3.48. The number of imidazole rings is 1. The molecule has 0 spiro atoms. The van der Waals surface area contributed by atoms with Crippen LogP contribution in [0.2, 0.25) is 0 Å². The number of nitrogens with zero attached hydrogens (tertiary/aromatic N) is 4. The van der Waals surface area contributed by atoms with Crippen LogP contribution < -0.4 is 0 Å². The summed E-state index contributed by atoms with van der Waals surface area (Å²) in [4.78, 5) is 9.58. The lowest BCUT2D eigenvalue weighted by atomic mass is 10.0. The minimum Gasteiger partial charge on any atom is -0.337 e. The fraction of sp³-hybridized carbons (Fsp3) is 0.800. The van der Waals surface area contributed by atoms with Crippen molar-refractivity contribution in [3.63, 3.8) is 0 Å². The van der Waals surface area contributed by atoms with E-state index in [2.05, 4.69) is 26.4 Å². The lowest BCUT2D eigenvalue weighted by molar-refractivity contribution is 0.104. The summed E-state index contributed by atoms with van der Waals surface area (Å²) in [7, 11) is 2.10. The summed E-state index contributed by atoms with van der Waals surface area (Å²) in [5.41, 5.74) is 1.34. The Balaban J connectivity index is 1.61. The molecule has 106 valence electrons. The van der Waals surface area contributed by atoms with Gasteiger partial charge < -0.3 is 9.47 Å². The van der Waals surface area contributed by atoms with E-state index < -0.39 is 0 Å². The quantitative estimate of drug-likeness (QED) is 0.828. The van der Waals surface area contributed by atoms with Gasteiger partial charge in [-0.1, -0.05) is 6.42 Å². The normalized spacial score (nSPS) is 26.1. The fourth-order valence-electron chi connectivity index (χ4n) is 3.48. The second-order valence-electron chi connectivity index (χ2n) is 6.12. The molecule has 3 heterocycles. The van der Waals surface area contributed by atoms with Gasteiger partial charge in [0.2, 0.25) is 0 Å². The molecule has 0 saturated carbocycles. The van der Waals surface area contributed by atoms with Crippen molar-refractivity contribution >= 4 is 0 Å². The van der Waals surface area contributed by atoms with Gasteiger partial charge in [0.15, 0.2) is 0 Å². The average Bonchev–Trinajstić information content (AvgIpc) is 3.05. The predicted molar refractivity (Wildman–Crippen MR) is 76.9 cm³/mol. The van der Waals surface area contributed by atoms with E-state index in [-0.39, 0.29) is 0 Å². The molecule has 0 aromatic carbocycles. The van der Waals surface area contributed by atoms with E-state index >= 15 is 0 Å². The van der Waals surface area contributed by atoms with Gasteiger partial charge in [0.1, 0.15) is 0 Å². The molecule has 0 aliphatic carbocycles. The van der Waals surface area contributed by atoms with Gasteiger partial charge in [-0.05, 0) is 45.3 Å². The molecule has 0 radical (unpaired) electrons. The summed E-state index contributed by atoms with van der Waals surface area (Å²) in [6.07, 6.45) is 10.8. The molecule has 1 atom stereocenters. The molecular formula is C15H26N4. The molecule has 4 heteroatoms. The van der Waals surface area contributed by atoms with Crippen LogP contribution in [0.25, 0.3) is 0 Å². The largest absolute Gasteiger partial charge is 0.337 e. The highest BCUT2D eigenvalue weighted by Gasteiger charge is 2.26. The van der Waals surface area contributed by atoms with Crippen LogP contribution in [0, 0.1) is 0 Å². The summed E-state index contributed by atoms with van der Waals surface area (Å²) in [6, 6.07) is 0.752. The minimum atomic E-state index is 0.752. The zero-order chi connectivity index (χ0) is 13.1. The summed E-state index contributed by atoms with van der Waals surface area (Å²) in [5, 5.41) is 0. The molecule has 19 heavy (non-hydrogen) atoms. The van der Waals surface area contributed by atoms with Crippen molar-refractivity contribution in [2.45, 2.75) is 44.7 Å². The second kappa shape index (κ2) is 6.06. The van der Waals surface area contributed by atoms with Gasteiger partial charge in [-0.25, -0.2) is 4.98 Å². The van der Waals surface area contributed by atoms with E-state index in [1.54, 1.807) is 0 Å². The number of rotatable bonds is 4. The highest BCUT2D eigenvalue weighted by Crippen LogP contribution is 2.21. The predicted octanol–water partition coefficient (Wildman–Crippen LogP) is 1.87. The Kier molecular flexibility index (Phi) is 4.18. The smallest absolute Gasteiger partial charge is 0.0945 e. The van der Waals surface area contributed by atoms with Gasteiger partial charge in [-0.15, -0.1) is 0 Å². The summed E-state index contributed by atoms with van der Waals surface area (Å²) in [6.45, 7) is 6.22. The lowest BCUT2D eigenvalue weighted by Gasteiger charge is -2.37. The average molecular weight is 262 g/mol. The first kappa shape index (κ1) is 13.1. The van der Waals surface area contributed by atoms with Crippen molar-refractivity contribution in [2.24, 2.45) is 7.05 Å². The van der Waals surface area contributed by atoms with Crippen LogP contribution in [0.5, 0.6) is 0 Å². The van der Waals surface area contributed by atoms with Crippen molar-refractivity contribution in [3.05, 3.63) is 18.2 Å². The third-order valence-electron chi connectivity index (χ3n) is 4.70. The van der Waals surface area contributed by atoms with E-state index in [1.165, 1.54) is 64.0 Å². The van der Waals surface area contributed by atoms with Gasteiger partial charge in [0, 0.05) is 32.4 Å². The van der Waals surface area contributed by atoms with Crippen LogP contribution in [0.1, 0.15) is 37.8 Å². The third-order valence-corrected chi connectivity index (χ3v) is 4.70. The Hall–Kier alpha value is -0.870. The van der Waals surface area contributed by atoms with Crippen molar-refractivity contribution in [2.75, 3.05) is 26.2 Å². The molecule has 0 N–H and O–H groups in total. The molecule has 2 fully saturated rings. The molecule has 4 nitrogen and oxygen atoms in total. The Morgan fingerprint density at radius 3 is 2.68 bits per heavy atom. The maximum absolute atomic E-state index is 4.24. The van der Waals surface area contributed by atoms with Gasteiger partial charge in [-0.2, -0.15) is 0 Å². The van der Waals surface area contributed by atoms with Gasteiger partial charge >= 0.3 is 0 Å². The standard InChI is InChI=1S/C15H26N4/c1-17-13-16-10-15(17)12-19-9-3-2-6-14(19)11-18-7-4-5-8-18/h10,13-14H,2-9,11-12H2,1H3/t14-/m0/s1. The third kappa shape index (κ3) is 3.18. The molecule has 2 aliphatic heterocycles. The number of aryl methyl sites for hydroxylation is 1. The summed E-state index contributed by atoms with van der Waals surface area (Å²) in [5.74, 6) is 0. The highest BCUT2D eigenvalue weighted by atomic mass is 15.2. The van der Waals surface area contributed by atoms with E-state index in [9.17, 15) is 0 Å². The van der Waals surface area contributed by atoms with E-state index in [4.69, 9.17) is 0 Å². The maximum atomic E-state index is 4.24. The number of hydrogen-bond donors (Lipinski definition) is 0. The summed E-state index contributed by atoms with van der Waals surface area (Å²) >= 11 is 0. The first-order chi connectivity index (χ1) is 9.33. The van der Waals surface area contributed by atoms with Gasteiger partial charge in [0.05, 0.1) is 12.0 Å². The zero-order valence-corrected chi connectivity index (χ0v) is 12.1. The zero-order valence-electron chi connectivity index (χ0n) is 12.1. The van der Waals surface area contributed by atoms with Crippen LogP contribution in [0.15, 0.2) is 12.5 Å². The number of likely N-dealkylation sites (tertiary alicyclic amines) is 2. The molecular weight excluding hydrogens is 236 g/mol. The second-order valence-corrected chi connectivity index (χ2v) is 6.12. The monoisotopic (exact) mass is 262 g/mol. The van der Waals surface area contributed by atoms with Crippen LogP contribution in [0.3, 0.4) is 0 Å². The van der Waals surface area contributed by atoms with Crippen molar-refractivity contribution in [1.29, 1.82) is 0 Å². The minimum absolute atomic E-state index is 0.752. The van der Waals surface area contributed by atoms with Crippen LogP contribution in [0.4, 0.5) is 0 Å². The van der Waals surface area contributed by atoms with Crippen LogP contribution in [-0.4, -0.2) is 51.6 Å². The van der Waals surface area contributed by atoms with Gasteiger partial charge in [-0.3, -0.25) is 4.90 Å². The van der Waals surface area contributed by atoms with Gasteiger partial charge in [0.25, 0.3) is 0 Å². The molecule has 0 amide bonds. The van der Waals surface area contributed by atoms with Crippen molar-refractivity contribution < 1.29 is 0 Å². The Labute approximate surface area is 116 Å². The molecule has 0 unspecified atom stereocenters. The summed E-state index contributed by atoms with van der Waals surface area (Å²) < 4.78 is 2.15.